The SMILES string of the molecule is CC(C)CNC(=S)N1CCC(NC(=O)c2cccc(F)c2)CC1. The van der Waals surface area contributed by atoms with Crippen LogP contribution >= 0.6 is 12.2 Å². The number of piperidine rings is 1. The topological polar surface area (TPSA) is 44.4 Å². The molecular weight excluding hydrogens is 313 g/mol. The summed E-state index contributed by atoms with van der Waals surface area (Å²) in [7, 11) is 0. The first-order chi connectivity index (χ1) is 11.0. The lowest BCUT2D eigenvalue weighted by Crippen LogP contribution is -2.49. The number of halogens is 1. The molecule has 0 bridgehead atoms. The zero-order chi connectivity index (χ0) is 16.8. The van der Waals surface area contributed by atoms with Gasteiger partial charge >= 0.3 is 0 Å². The van der Waals surface area contributed by atoms with Gasteiger partial charge in [0.15, 0.2) is 5.11 Å². The van der Waals surface area contributed by atoms with E-state index in [1.165, 1.54) is 12.1 Å². The lowest BCUT2D eigenvalue weighted by atomic mass is 10.0. The quantitative estimate of drug-likeness (QED) is 0.829. The maximum absolute atomic E-state index is 13.2. The number of carbonyl (C=O) groups excluding carboxylic acids is 1. The molecule has 1 heterocycles. The normalized spacial score (nSPS) is 15.6. The minimum Gasteiger partial charge on any atom is -0.362 e. The summed E-state index contributed by atoms with van der Waals surface area (Å²) >= 11 is 5.40. The first-order valence-electron chi connectivity index (χ1n) is 8.05. The summed E-state index contributed by atoms with van der Waals surface area (Å²) in [5.41, 5.74) is 0.363. The average Bonchev–Trinajstić information content (AvgIpc) is 2.53. The molecule has 1 amide bonds. The van der Waals surface area contributed by atoms with Gasteiger partial charge in [0.2, 0.25) is 0 Å². The first-order valence-corrected chi connectivity index (χ1v) is 8.45. The Kier molecular flexibility index (Phi) is 6.33. The molecule has 0 spiro atoms. The molecule has 0 aliphatic carbocycles. The fourth-order valence-corrected chi connectivity index (χ4v) is 2.79. The summed E-state index contributed by atoms with van der Waals surface area (Å²) in [6.07, 6.45) is 1.68. The molecule has 1 aliphatic heterocycles. The fraction of sp³-hybridized carbons (Fsp3) is 0.529. The maximum atomic E-state index is 13.2. The van der Waals surface area contributed by atoms with Crippen molar-refractivity contribution in [1.29, 1.82) is 0 Å². The van der Waals surface area contributed by atoms with Gasteiger partial charge in [0.25, 0.3) is 5.91 Å². The van der Waals surface area contributed by atoms with Crippen molar-refractivity contribution in [3.63, 3.8) is 0 Å². The van der Waals surface area contributed by atoms with Gasteiger partial charge in [-0.05, 0) is 49.2 Å². The molecule has 126 valence electrons. The highest BCUT2D eigenvalue weighted by Crippen LogP contribution is 2.12. The summed E-state index contributed by atoms with van der Waals surface area (Å²) in [5, 5.41) is 7.03. The van der Waals surface area contributed by atoms with E-state index < -0.39 is 5.82 Å². The first kappa shape index (κ1) is 17.7. The van der Waals surface area contributed by atoms with Crippen molar-refractivity contribution in [2.24, 2.45) is 5.92 Å². The van der Waals surface area contributed by atoms with Crippen molar-refractivity contribution in [1.82, 2.24) is 15.5 Å². The Labute approximate surface area is 142 Å². The second kappa shape index (κ2) is 8.24. The summed E-state index contributed by atoms with van der Waals surface area (Å²) in [6, 6.07) is 5.87. The standard InChI is InChI=1S/C17H24FN3OS/c1-12(2)11-19-17(23)21-8-6-15(7-9-21)20-16(22)13-4-3-5-14(18)10-13/h3-5,10,12,15H,6-9,11H2,1-2H3,(H,19,23)(H,20,22). The molecule has 0 aromatic heterocycles. The highest BCUT2D eigenvalue weighted by Gasteiger charge is 2.22. The second-order valence-corrected chi connectivity index (χ2v) is 6.71. The molecule has 6 heteroatoms. The predicted octanol–water partition coefficient (Wildman–Crippen LogP) is 2.55. The Hall–Kier alpha value is -1.69. The van der Waals surface area contributed by atoms with E-state index in [4.69, 9.17) is 12.2 Å². The molecule has 1 saturated heterocycles. The van der Waals surface area contributed by atoms with Crippen LogP contribution in [0, 0.1) is 11.7 Å². The number of nitrogens with zero attached hydrogens (tertiary/aromatic N) is 1. The van der Waals surface area contributed by atoms with Crippen LogP contribution in [0.2, 0.25) is 0 Å². The number of hydrogen-bond acceptors (Lipinski definition) is 2. The van der Waals surface area contributed by atoms with Gasteiger partial charge < -0.3 is 15.5 Å². The summed E-state index contributed by atoms with van der Waals surface area (Å²) in [4.78, 5) is 14.3. The van der Waals surface area contributed by atoms with Crippen molar-refractivity contribution in [2.45, 2.75) is 32.7 Å². The number of rotatable bonds is 4. The van der Waals surface area contributed by atoms with Gasteiger partial charge in [-0.15, -0.1) is 0 Å². The molecule has 2 rings (SSSR count). The van der Waals surface area contributed by atoms with E-state index in [9.17, 15) is 9.18 Å². The van der Waals surface area contributed by atoms with E-state index in [0.717, 1.165) is 37.6 Å². The Morgan fingerprint density at radius 2 is 2.09 bits per heavy atom. The summed E-state index contributed by atoms with van der Waals surface area (Å²) in [5.74, 6) is -0.0615. The van der Waals surface area contributed by atoms with Crippen molar-refractivity contribution < 1.29 is 9.18 Å². The van der Waals surface area contributed by atoms with E-state index in [0.29, 0.717) is 11.5 Å². The number of benzene rings is 1. The zero-order valence-corrected chi connectivity index (χ0v) is 14.5. The Bertz CT molecular complexity index is 557. The molecule has 0 saturated carbocycles. The van der Waals surface area contributed by atoms with Gasteiger partial charge in [0.05, 0.1) is 0 Å². The highest BCUT2D eigenvalue weighted by atomic mass is 32.1. The molecule has 1 aromatic carbocycles. The predicted molar refractivity (Wildman–Crippen MR) is 93.9 cm³/mol. The molecular formula is C17H24FN3OS. The number of thiocarbonyl (C=S) groups is 1. The van der Waals surface area contributed by atoms with Gasteiger partial charge in [0, 0.05) is 31.2 Å². The van der Waals surface area contributed by atoms with Crippen molar-refractivity contribution in [3.05, 3.63) is 35.6 Å². The van der Waals surface area contributed by atoms with Gasteiger partial charge in [-0.3, -0.25) is 4.79 Å². The number of carbonyl (C=O) groups is 1. The molecule has 1 aromatic rings. The number of likely N-dealkylation sites (tertiary alicyclic amines) is 1. The fourth-order valence-electron chi connectivity index (χ4n) is 2.53. The third-order valence-corrected chi connectivity index (χ3v) is 4.27. The third-order valence-electron chi connectivity index (χ3n) is 3.87. The van der Waals surface area contributed by atoms with Crippen LogP contribution in [0.5, 0.6) is 0 Å². The number of hydrogen-bond donors (Lipinski definition) is 2. The van der Waals surface area contributed by atoms with Crippen LogP contribution in [0.1, 0.15) is 37.0 Å². The minimum atomic E-state index is -0.394. The molecule has 1 fully saturated rings. The highest BCUT2D eigenvalue weighted by molar-refractivity contribution is 7.80. The molecule has 23 heavy (non-hydrogen) atoms. The van der Waals surface area contributed by atoms with Gasteiger partial charge in [-0.25, -0.2) is 4.39 Å². The zero-order valence-electron chi connectivity index (χ0n) is 13.6. The van der Waals surface area contributed by atoms with Crippen LogP contribution in [-0.4, -0.2) is 41.6 Å². The van der Waals surface area contributed by atoms with Gasteiger partial charge in [0.1, 0.15) is 5.82 Å². The van der Waals surface area contributed by atoms with Crippen LogP contribution in [0.15, 0.2) is 24.3 Å². The smallest absolute Gasteiger partial charge is 0.251 e. The minimum absolute atomic E-state index is 0.106. The Morgan fingerprint density at radius 3 is 2.70 bits per heavy atom. The lowest BCUT2D eigenvalue weighted by molar-refractivity contribution is 0.0922. The van der Waals surface area contributed by atoms with Crippen molar-refractivity contribution in [2.75, 3.05) is 19.6 Å². The van der Waals surface area contributed by atoms with E-state index in [1.807, 2.05) is 0 Å². The van der Waals surface area contributed by atoms with E-state index in [1.54, 1.807) is 12.1 Å². The van der Waals surface area contributed by atoms with Crippen molar-refractivity contribution in [3.8, 4) is 0 Å². The Balaban J connectivity index is 1.78. The molecule has 4 nitrogen and oxygen atoms in total. The van der Waals surface area contributed by atoms with E-state index in [2.05, 4.69) is 29.4 Å². The van der Waals surface area contributed by atoms with Crippen LogP contribution in [-0.2, 0) is 0 Å². The molecule has 1 aliphatic rings. The van der Waals surface area contributed by atoms with E-state index >= 15 is 0 Å². The maximum Gasteiger partial charge on any atom is 0.251 e. The van der Waals surface area contributed by atoms with Crippen LogP contribution in [0.25, 0.3) is 0 Å². The van der Waals surface area contributed by atoms with Crippen LogP contribution in [0.4, 0.5) is 4.39 Å². The molecule has 2 N–H and O–H groups in total. The second-order valence-electron chi connectivity index (χ2n) is 6.33. The van der Waals surface area contributed by atoms with E-state index in [-0.39, 0.29) is 11.9 Å². The Morgan fingerprint density at radius 1 is 1.39 bits per heavy atom. The molecule has 0 unspecified atom stereocenters. The van der Waals surface area contributed by atoms with Crippen molar-refractivity contribution >= 4 is 23.2 Å². The summed E-state index contributed by atoms with van der Waals surface area (Å²) < 4.78 is 13.2. The number of amides is 1. The van der Waals surface area contributed by atoms with Crippen LogP contribution in [0.3, 0.4) is 0 Å². The third kappa shape index (κ3) is 5.46. The summed E-state index contributed by atoms with van der Waals surface area (Å²) in [6.45, 7) is 6.79. The van der Waals surface area contributed by atoms with Crippen LogP contribution < -0.4 is 10.6 Å². The largest absolute Gasteiger partial charge is 0.362 e. The van der Waals surface area contributed by atoms with Gasteiger partial charge in [-0.1, -0.05) is 19.9 Å². The molecule has 0 radical (unpaired) electrons. The average molecular weight is 337 g/mol. The molecule has 0 atom stereocenters. The monoisotopic (exact) mass is 337 g/mol. The number of nitrogens with one attached hydrogen (secondary N) is 2. The van der Waals surface area contributed by atoms with Gasteiger partial charge in [-0.2, -0.15) is 0 Å². The lowest BCUT2D eigenvalue weighted by Gasteiger charge is -2.34.